The van der Waals surface area contributed by atoms with Crippen LogP contribution in [0.25, 0.3) is 20.3 Å². The van der Waals surface area contributed by atoms with Crippen molar-refractivity contribution in [1.82, 2.24) is 9.55 Å². The highest BCUT2D eigenvalue weighted by Gasteiger charge is 2.22. The maximum Gasteiger partial charge on any atom is 0.266 e. The first kappa shape index (κ1) is 17.6. The number of benzene rings is 2. The van der Waals surface area contributed by atoms with Crippen LogP contribution in [-0.4, -0.2) is 9.55 Å². The van der Waals surface area contributed by atoms with E-state index in [1.165, 1.54) is 11.3 Å². The maximum absolute atomic E-state index is 13.5. The molecule has 1 atom stereocenters. The van der Waals surface area contributed by atoms with E-state index in [0.29, 0.717) is 16.0 Å². The Morgan fingerprint density at radius 3 is 2.30 bits per heavy atom. The molecule has 0 aliphatic carbocycles. The third-order valence-corrected chi connectivity index (χ3v) is 5.93. The molecule has 0 saturated carbocycles. The Balaban J connectivity index is 2.12. The van der Waals surface area contributed by atoms with Crippen molar-refractivity contribution in [3.05, 3.63) is 86.6 Å². The molecule has 2 aromatic carbocycles. The van der Waals surface area contributed by atoms with Crippen molar-refractivity contribution >= 4 is 31.6 Å². The molecule has 0 spiro atoms. The third kappa shape index (κ3) is 2.88. The lowest BCUT2D eigenvalue weighted by atomic mass is 10.1. The molecular formula is C22H20N2O2S. The summed E-state index contributed by atoms with van der Waals surface area (Å²) >= 11 is 1.40. The Morgan fingerprint density at radius 1 is 0.926 bits per heavy atom. The molecule has 4 rings (SSSR count). The van der Waals surface area contributed by atoms with Gasteiger partial charge in [0.25, 0.3) is 5.56 Å². The minimum atomic E-state index is -0.257. The summed E-state index contributed by atoms with van der Waals surface area (Å²) in [6.45, 7) is 6.02. The van der Waals surface area contributed by atoms with Crippen LogP contribution in [0.5, 0.6) is 0 Å². The lowest BCUT2D eigenvalue weighted by Crippen LogP contribution is -2.31. The lowest BCUT2D eigenvalue weighted by Gasteiger charge is -2.22. The largest absolute Gasteiger partial charge is 0.288 e. The normalized spacial score (nSPS) is 12.7. The van der Waals surface area contributed by atoms with Crippen LogP contribution in [0.1, 0.15) is 44.1 Å². The first-order valence-corrected chi connectivity index (χ1v) is 9.83. The SMILES string of the molecule is CC(C)c1nc2sc3ccccc3c(=O)c2c(=O)n1C(C)c1ccccc1. The molecule has 0 N–H and O–H groups in total. The van der Waals surface area contributed by atoms with Crippen molar-refractivity contribution < 1.29 is 0 Å². The Bertz CT molecular complexity index is 1260. The molecule has 2 aromatic heterocycles. The highest BCUT2D eigenvalue weighted by atomic mass is 32.1. The van der Waals surface area contributed by atoms with Gasteiger partial charge < -0.3 is 0 Å². The highest BCUT2D eigenvalue weighted by Crippen LogP contribution is 2.26. The van der Waals surface area contributed by atoms with Gasteiger partial charge in [-0.2, -0.15) is 0 Å². The van der Waals surface area contributed by atoms with E-state index in [0.717, 1.165) is 10.3 Å². The zero-order valence-corrected chi connectivity index (χ0v) is 16.3. The molecule has 0 fully saturated rings. The van der Waals surface area contributed by atoms with Crippen molar-refractivity contribution in [2.45, 2.75) is 32.7 Å². The first-order valence-electron chi connectivity index (χ1n) is 9.02. The van der Waals surface area contributed by atoms with Gasteiger partial charge in [-0.3, -0.25) is 14.2 Å². The molecule has 0 amide bonds. The van der Waals surface area contributed by atoms with Gasteiger partial charge in [-0.25, -0.2) is 4.98 Å². The Kier molecular flexibility index (Phi) is 4.40. The third-order valence-electron chi connectivity index (χ3n) is 4.86. The molecule has 4 aromatic rings. The number of hydrogen-bond donors (Lipinski definition) is 0. The maximum atomic E-state index is 13.5. The quantitative estimate of drug-likeness (QED) is 0.487. The van der Waals surface area contributed by atoms with Crippen molar-refractivity contribution in [2.24, 2.45) is 0 Å². The Labute approximate surface area is 160 Å². The summed E-state index contributed by atoms with van der Waals surface area (Å²) in [5.74, 6) is 0.761. The predicted octanol–water partition coefficient (Wildman–Crippen LogP) is 4.70. The zero-order chi connectivity index (χ0) is 19.1. The van der Waals surface area contributed by atoms with Crippen LogP contribution in [0.15, 0.2) is 64.2 Å². The molecule has 0 aliphatic heterocycles. The van der Waals surface area contributed by atoms with Crippen molar-refractivity contribution in [2.75, 3.05) is 0 Å². The van der Waals surface area contributed by atoms with Gasteiger partial charge in [0.05, 0.1) is 6.04 Å². The first-order chi connectivity index (χ1) is 13.0. The monoisotopic (exact) mass is 376 g/mol. The van der Waals surface area contributed by atoms with Gasteiger partial charge in [0.15, 0.2) is 0 Å². The van der Waals surface area contributed by atoms with Crippen LogP contribution >= 0.6 is 11.3 Å². The molecule has 4 nitrogen and oxygen atoms in total. The molecule has 0 saturated heterocycles. The molecule has 0 radical (unpaired) electrons. The summed E-state index contributed by atoms with van der Waals surface area (Å²) in [6.07, 6.45) is 0. The van der Waals surface area contributed by atoms with E-state index in [1.54, 1.807) is 10.6 Å². The van der Waals surface area contributed by atoms with Crippen molar-refractivity contribution in [1.29, 1.82) is 0 Å². The highest BCUT2D eigenvalue weighted by molar-refractivity contribution is 7.24. The summed E-state index contributed by atoms with van der Waals surface area (Å²) in [7, 11) is 0. The van der Waals surface area contributed by atoms with E-state index < -0.39 is 0 Å². The fraction of sp³-hybridized carbons (Fsp3) is 0.227. The van der Waals surface area contributed by atoms with E-state index in [4.69, 9.17) is 4.98 Å². The summed E-state index contributed by atoms with van der Waals surface area (Å²) in [4.78, 5) is 31.8. The minimum Gasteiger partial charge on any atom is -0.288 e. The van der Waals surface area contributed by atoms with Crippen LogP contribution in [0.3, 0.4) is 0 Å². The van der Waals surface area contributed by atoms with E-state index >= 15 is 0 Å². The minimum absolute atomic E-state index is 0.0574. The van der Waals surface area contributed by atoms with Gasteiger partial charge in [-0.05, 0) is 24.6 Å². The van der Waals surface area contributed by atoms with E-state index in [1.807, 2.05) is 69.3 Å². The second-order valence-electron chi connectivity index (χ2n) is 6.99. The summed E-state index contributed by atoms with van der Waals surface area (Å²) in [5, 5.41) is 0.760. The molecule has 2 heterocycles. The van der Waals surface area contributed by atoms with Crippen molar-refractivity contribution in [3.63, 3.8) is 0 Å². The van der Waals surface area contributed by atoms with E-state index in [-0.39, 0.29) is 28.3 Å². The fourth-order valence-corrected chi connectivity index (χ4v) is 4.49. The molecule has 5 heteroatoms. The van der Waals surface area contributed by atoms with E-state index in [9.17, 15) is 9.59 Å². The average molecular weight is 376 g/mol. The van der Waals surface area contributed by atoms with Gasteiger partial charge in [0.2, 0.25) is 5.43 Å². The topological polar surface area (TPSA) is 52.0 Å². The molecule has 1 unspecified atom stereocenters. The predicted molar refractivity (Wildman–Crippen MR) is 112 cm³/mol. The molecule has 0 aliphatic rings. The fourth-order valence-electron chi connectivity index (χ4n) is 3.44. The second-order valence-corrected chi connectivity index (χ2v) is 8.02. The van der Waals surface area contributed by atoms with Crippen LogP contribution in [0, 0.1) is 0 Å². The van der Waals surface area contributed by atoms with Crippen LogP contribution in [0.2, 0.25) is 0 Å². The second kappa shape index (κ2) is 6.74. The Morgan fingerprint density at radius 2 is 1.59 bits per heavy atom. The summed E-state index contributed by atoms with van der Waals surface area (Å²) in [6, 6.07) is 17.0. The van der Waals surface area contributed by atoms with Gasteiger partial charge in [-0.15, -0.1) is 11.3 Å². The standard InChI is InChI=1S/C22H20N2O2S/c1-13(2)20-23-21-18(19(25)16-11-7-8-12-17(16)27-21)22(26)24(20)14(3)15-9-5-4-6-10-15/h4-14H,1-3H3. The van der Waals surface area contributed by atoms with Gasteiger partial charge in [0.1, 0.15) is 16.0 Å². The molecule has 136 valence electrons. The summed E-state index contributed by atoms with van der Waals surface area (Å²) < 4.78 is 2.54. The lowest BCUT2D eigenvalue weighted by molar-refractivity contribution is 0.549. The van der Waals surface area contributed by atoms with Crippen molar-refractivity contribution in [3.8, 4) is 0 Å². The zero-order valence-electron chi connectivity index (χ0n) is 15.5. The number of hydrogen-bond acceptors (Lipinski definition) is 4. The Hall–Kier alpha value is -2.79. The number of nitrogens with zero attached hydrogens (tertiary/aromatic N) is 2. The number of aromatic nitrogens is 2. The average Bonchev–Trinajstić information content (AvgIpc) is 2.68. The number of fused-ring (bicyclic) bond motifs is 2. The molecule has 0 bridgehead atoms. The summed E-state index contributed by atoms with van der Waals surface area (Å²) in [5.41, 5.74) is 0.521. The molecule has 27 heavy (non-hydrogen) atoms. The van der Waals surface area contributed by atoms with Crippen LogP contribution in [0.4, 0.5) is 0 Å². The van der Waals surface area contributed by atoms with Crippen LogP contribution in [-0.2, 0) is 0 Å². The van der Waals surface area contributed by atoms with Gasteiger partial charge >= 0.3 is 0 Å². The number of rotatable bonds is 3. The smallest absolute Gasteiger partial charge is 0.266 e. The van der Waals surface area contributed by atoms with Crippen LogP contribution < -0.4 is 11.0 Å². The van der Waals surface area contributed by atoms with Gasteiger partial charge in [0, 0.05) is 16.0 Å². The van der Waals surface area contributed by atoms with E-state index in [2.05, 4.69) is 0 Å². The van der Waals surface area contributed by atoms with Gasteiger partial charge in [-0.1, -0.05) is 56.3 Å². The molecular weight excluding hydrogens is 356 g/mol.